The SMILES string of the molecule is CC(NCCn1ccnn1)c1ccc(F)c(Br)c1. The van der Waals surface area contributed by atoms with Crippen molar-refractivity contribution in [3.05, 3.63) is 46.4 Å². The monoisotopic (exact) mass is 312 g/mol. The van der Waals surface area contributed by atoms with Crippen molar-refractivity contribution in [1.29, 1.82) is 0 Å². The van der Waals surface area contributed by atoms with Crippen molar-refractivity contribution in [3.8, 4) is 0 Å². The third kappa shape index (κ3) is 3.36. The van der Waals surface area contributed by atoms with Crippen molar-refractivity contribution < 1.29 is 4.39 Å². The van der Waals surface area contributed by atoms with Crippen LogP contribution in [0.25, 0.3) is 0 Å². The first-order valence-electron chi connectivity index (χ1n) is 5.69. The van der Waals surface area contributed by atoms with Crippen LogP contribution in [0.1, 0.15) is 18.5 Å². The highest BCUT2D eigenvalue weighted by molar-refractivity contribution is 9.10. The Hall–Kier alpha value is -1.27. The van der Waals surface area contributed by atoms with Crippen molar-refractivity contribution in [2.45, 2.75) is 19.5 Å². The molecule has 1 N–H and O–H groups in total. The minimum absolute atomic E-state index is 0.158. The molecule has 18 heavy (non-hydrogen) atoms. The predicted molar refractivity (Wildman–Crippen MR) is 70.5 cm³/mol. The summed E-state index contributed by atoms with van der Waals surface area (Å²) in [5.41, 5.74) is 1.04. The summed E-state index contributed by atoms with van der Waals surface area (Å²) in [5, 5.41) is 11.0. The van der Waals surface area contributed by atoms with Crippen LogP contribution in [-0.4, -0.2) is 21.5 Å². The maximum absolute atomic E-state index is 13.1. The van der Waals surface area contributed by atoms with Gasteiger partial charge in [-0.05, 0) is 40.5 Å². The van der Waals surface area contributed by atoms with Crippen molar-refractivity contribution in [2.75, 3.05) is 6.54 Å². The van der Waals surface area contributed by atoms with Crippen LogP contribution in [0.4, 0.5) is 4.39 Å². The van der Waals surface area contributed by atoms with Gasteiger partial charge in [0.25, 0.3) is 0 Å². The first kappa shape index (κ1) is 13.2. The zero-order valence-corrected chi connectivity index (χ0v) is 11.6. The van der Waals surface area contributed by atoms with Crippen LogP contribution in [0.5, 0.6) is 0 Å². The van der Waals surface area contributed by atoms with Gasteiger partial charge in [-0.3, -0.25) is 4.68 Å². The third-order valence-electron chi connectivity index (χ3n) is 2.71. The molecule has 1 aromatic carbocycles. The maximum atomic E-state index is 13.1. The fourth-order valence-corrected chi connectivity index (χ4v) is 2.04. The fraction of sp³-hybridized carbons (Fsp3) is 0.333. The van der Waals surface area contributed by atoms with E-state index in [1.165, 1.54) is 6.07 Å². The van der Waals surface area contributed by atoms with Crippen molar-refractivity contribution in [1.82, 2.24) is 20.3 Å². The number of benzene rings is 1. The quantitative estimate of drug-likeness (QED) is 0.922. The minimum Gasteiger partial charge on any atom is -0.308 e. The molecular formula is C12H14BrFN4. The van der Waals surface area contributed by atoms with Gasteiger partial charge in [0.2, 0.25) is 0 Å². The van der Waals surface area contributed by atoms with Crippen molar-refractivity contribution in [2.24, 2.45) is 0 Å². The molecule has 0 aliphatic heterocycles. The normalized spacial score (nSPS) is 12.6. The second kappa shape index (κ2) is 6.06. The van der Waals surface area contributed by atoms with E-state index in [1.807, 2.05) is 13.1 Å². The van der Waals surface area contributed by atoms with Gasteiger partial charge in [0, 0.05) is 18.8 Å². The lowest BCUT2D eigenvalue weighted by Gasteiger charge is -2.14. The highest BCUT2D eigenvalue weighted by atomic mass is 79.9. The third-order valence-corrected chi connectivity index (χ3v) is 3.31. The molecule has 0 bridgehead atoms. The van der Waals surface area contributed by atoms with E-state index < -0.39 is 0 Å². The highest BCUT2D eigenvalue weighted by Crippen LogP contribution is 2.20. The number of nitrogens with zero attached hydrogens (tertiary/aromatic N) is 3. The number of rotatable bonds is 5. The highest BCUT2D eigenvalue weighted by Gasteiger charge is 2.07. The standard InChI is InChI=1S/C12H14BrFN4/c1-9(10-2-3-12(14)11(13)8-10)15-4-6-18-7-5-16-17-18/h2-3,5,7-9,15H,4,6H2,1H3. The molecule has 0 saturated heterocycles. The maximum Gasteiger partial charge on any atom is 0.137 e. The molecule has 0 saturated carbocycles. The van der Waals surface area contributed by atoms with Crippen LogP contribution < -0.4 is 5.32 Å². The van der Waals surface area contributed by atoms with Gasteiger partial charge in [-0.1, -0.05) is 11.3 Å². The molecular weight excluding hydrogens is 299 g/mol. The number of hydrogen-bond donors (Lipinski definition) is 1. The summed E-state index contributed by atoms with van der Waals surface area (Å²) in [7, 11) is 0. The topological polar surface area (TPSA) is 42.7 Å². The Kier molecular flexibility index (Phi) is 4.43. The largest absolute Gasteiger partial charge is 0.308 e. The summed E-state index contributed by atoms with van der Waals surface area (Å²) in [6.45, 7) is 3.58. The van der Waals surface area contributed by atoms with Crippen LogP contribution in [0, 0.1) is 5.82 Å². The molecule has 96 valence electrons. The van der Waals surface area contributed by atoms with Gasteiger partial charge in [-0.2, -0.15) is 0 Å². The van der Waals surface area contributed by atoms with Gasteiger partial charge < -0.3 is 5.32 Å². The summed E-state index contributed by atoms with van der Waals surface area (Å²) in [6, 6.07) is 5.20. The number of halogens is 2. The molecule has 1 aromatic heterocycles. The average molecular weight is 313 g/mol. The van der Waals surface area contributed by atoms with Crippen LogP contribution >= 0.6 is 15.9 Å². The lowest BCUT2D eigenvalue weighted by molar-refractivity contribution is 0.498. The Morgan fingerprint density at radius 3 is 3.00 bits per heavy atom. The molecule has 0 spiro atoms. The minimum atomic E-state index is -0.242. The Labute approximate surface area is 113 Å². The molecule has 1 unspecified atom stereocenters. The van der Waals surface area contributed by atoms with Gasteiger partial charge in [-0.15, -0.1) is 5.10 Å². The summed E-state index contributed by atoms with van der Waals surface area (Å²) in [5.74, 6) is -0.242. The van der Waals surface area contributed by atoms with Gasteiger partial charge in [0.15, 0.2) is 0 Å². The van der Waals surface area contributed by atoms with Crippen LogP contribution in [0.2, 0.25) is 0 Å². The van der Waals surface area contributed by atoms with Crippen LogP contribution in [0.15, 0.2) is 35.1 Å². The van der Waals surface area contributed by atoms with Gasteiger partial charge in [0.1, 0.15) is 5.82 Å². The van der Waals surface area contributed by atoms with Crippen molar-refractivity contribution >= 4 is 15.9 Å². The van der Waals surface area contributed by atoms with E-state index in [1.54, 1.807) is 23.0 Å². The smallest absolute Gasteiger partial charge is 0.137 e. The lowest BCUT2D eigenvalue weighted by Crippen LogP contribution is -2.23. The Bertz CT molecular complexity index is 501. The molecule has 6 heteroatoms. The molecule has 2 rings (SSSR count). The predicted octanol–water partition coefficient (Wildman–Crippen LogP) is 2.53. The molecule has 0 fully saturated rings. The van der Waals surface area contributed by atoms with E-state index in [0.29, 0.717) is 4.47 Å². The lowest BCUT2D eigenvalue weighted by atomic mass is 10.1. The van der Waals surface area contributed by atoms with E-state index in [0.717, 1.165) is 18.7 Å². The molecule has 1 atom stereocenters. The summed E-state index contributed by atoms with van der Waals surface area (Å²) < 4.78 is 15.4. The molecule has 4 nitrogen and oxygen atoms in total. The summed E-state index contributed by atoms with van der Waals surface area (Å²) in [6.07, 6.45) is 3.47. The van der Waals surface area contributed by atoms with Gasteiger partial charge in [-0.25, -0.2) is 4.39 Å². The van der Waals surface area contributed by atoms with E-state index in [2.05, 4.69) is 31.6 Å². The molecule has 0 aliphatic carbocycles. The molecule has 2 aromatic rings. The van der Waals surface area contributed by atoms with E-state index in [4.69, 9.17) is 0 Å². The Balaban J connectivity index is 1.87. The number of hydrogen-bond acceptors (Lipinski definition) is 3. The first-order chi connectivity index (χ1) is 8.66. The molecule has 0 amide bonds. The number of nitrogens with one attached hydrogen (secondary N) is 1. The Morgan fingerprint density at radius 2 is 2.33 bits per heavy atom. The molecule has 1 heterocycles. The second-order valence-corrected chi connectivity index (χ2v) is 4.87. The van der Waals surface area contributed by atoms with Crippen LogP contribution in [0.3, 0.4) is 0 Å². The number of aromatic nitrogens is 3. The average Bonchev–Trinajstić information content (AvgIpc) is 2.85. The first-order valence-corrected chi connectivity index (χ1v) is 6.48. The summed E-state index contributed by atoms with van der Waals surface area (Å²) >= 11 is 3.19. The zero-order chi connectivity index (χ0) is 13.0. The van der Waals surface area contributed by atoms with Crippen molar-refractivity contribution in [3.63, 3.8) is 0 Å². The molecule has 0 aliphatic rings. The van der Waals surface area contributed by atoms with Crippen LogP contribution in [-0.2, 0) is 6.54 Å². The van der Waals surface area contributed by atoms with Gasteiger partial charge >= 0.3 is 0 Å². The van der Waals surface area contributed by atoms with E-state index in [9.17, 15) is 4.39 Å². The van der Waals surface area contributed by atoms with Gasteiger partial charge in [0.05, 0.1) is 17.2 Å². The molecule has 0 radical (unpaired) electrons. The summed E-state index contributed by atoms with van der Waals surface area (Å²) in [4.78, 5) is 0. The second-order valence-electron chi connectivity index (χ2n) is 4.02. The van der Waals surface area contributed by atoms with E-state index >= 15 is 0 Å². The van der Waals surface area contributed by atoms with E-state index in [-0.39, 0.29) is 11.9 Å². The zero-order valence-electron chi connectivity index (χ0n) is 9.98. The Morgan fingerprint density at radius 1 is 1.50 bits per heavy atom. The fourth-order valence-electron chi connectivity index (χ4n) is 1.65.